The van der Waals surface area contributed by atoms with Crippen LogP contribution in [0.4, 0.5) is 0 Å². The van der Waals surface area contributed by atoms with Gasteiger partial charge < -0.3 is 4.74 Å². The molecule has 1 aromatic heterocycles. The van der Waals surface area contributed by atoms with Crippen LogP contribution in [0.2, 0.25) is 0 Å². The molecule has 1 heterocycles. The van der Waals surface area contributed by atoms with Crippen LogP contribution in [0.3, 0.4) is 0 Å². The van der Waals surface area contributed by atoms with Crippen molar-refractivity contribution in [1.82, 2.24) is 20.4 Å². The molecule has 1 N–H and O–H groups in total. The van der Waals surface area contributed by atoms with Crippen molar-refractivity contribution in [3.8, 4) is 5.75 Å². The molecule has 0 saturated carbocycles. The molecule has 0 aliphatic carbocycles. The maximum Gasteiger partial charge on any atom is 0.241 e. The van der Waals surface area contributed by atoms with Gasteiger partial charge in [0.1, 0.15) is 11.3 Å². The maximum atomic E-state index is 11.9. The summed E-state index contributed by atoms with van der Waals surface area (Å²) in [6.45, 7) is 0.441. The standard InChI is InChI=1S/C17H17N5O2/c1-24-16-9-5-2-6-13(16)12-18-20-17(23)10-11-22-15-8-4-3-7-14(15)19-21-22/h2-9,12H,10-11H2,1H3,(H,20,23). The summed E-state index contributed by atoms with van der Waals surface area (Å²) in [5, 5.41) is 12.1. The zero-order valence-corrected chi connectivity index (χ0v) is 13.2. The first-order valence-corrected chi connectivity index (χ1v) is 7.51. The van der Waals surface area contributed by atoms with E-state index in [1.165, 1.54) is 0 Å². The number of aryl methyl sites for hydroxylation is 1. The van der Waals surface area contributed by atoms with Gasteiger partial charge in [-0.05, 0) is 24.3 Å². The second-order valence-corrected chi connectivity index (χ2v) is 5.09. The number of para-hydroxylation sites is 2. The first-order chi connectivity index (χ1) is 11.8. The molecule has 0 atom stereocenters. The van der Waals surface area contributed by atoms with Crippen molar-refractivity contribution in [2.24, 2.45) is 5.10 Å². The Morgan fingerprint density at radius 2 is 2.04 bits per heavy atom. The summed E-state index contributed by atoms with van der Waals surface area (Å²) in [7, 11) is 1.59. The Labute approximate surface area is 138 Å². The molecular weight excluding hydrogens is 306 g/mol. The van der Waals surface area contributed by atoms with E-state index in [1.807, 2.05) is 48.5 Å². The van der Waals surface area contributed by atoms with Crippen LogP contribution in [0.1, 0.15) is 12.0 Å². The van der Waals surface area contributed by atoms with Crippen LogP contribution in [-0.4, -0.2) is 34.2 Å². The highest BCUT2D eigenvalue weighted by molar-refractivity contribution is 5.85. The van der Waals surface area contributed by atoms with E-state index in [2.05, 4.69) is 20.8 Å². The third-order valence-electron chi connectivity index (χ3n) is 3.50. The van der Waals surface area contributed by atoms with Crippen molar-refractivity contribution in [2.75, 3.05) is 7.11 Å². The lowest BCUT2D eigenvalue weighted by atomic mass is 10.2. The van der Waals surface area contributed by atoms with E-state index >= 15 is 0 Å². The van der Waals surface area contributed by atoms with E-state index in [9.17, 15) is 4.79 Å². The topological polar surface area (TPSA) is 81.4 Å². The fourth-order valence-electron chi connectivity index (χ4n) is 2.29. The SMILES string of the molecule is COc1ccccc1C=NNC(=O)CCn1nnc2ccccc21. The van der Waals surface area contributed by atoms with Crippen LogP contribution in [-0.2, 0) is 11.3 Å². The number of benzene rings is 2. The number of methoxy groups -OCH3 is 1. The van der Waals surface area contributed by atoms with E-state index in [4.69, 9.17) is 4.74 Å². The number of amides is 1. The number of carbonyl (C=O) groups is 1. The summed E-state index contributed by atoms with van der Waals surface area (Å²) in [5.41, 5.74) is 5.02. The molecule has 2 aromatic carbocycles. The Balaban J connectivity index is 1.55. The second-order valence-electron chi connectivity index (χ2n) is 5.09. The second kappa shape index (κ2) is 7.36. The molecule has 1 amide bonds. The van der Waals surface area contributed by atoms with Gasteiger partial charge in [-0.2, -0.15) is 5.10 Å². The van der Waals surface area contributed by atoms with Gasteiger partial charge in [0.15, 0.2) is 0 Å². The lowest BCUT2D eigenvalue weighted by Gasteiger charge is -2.04. The zero-order chi connectivity index (χ0) is 16.8. The van der Waals surface area contributed by atoms with Crippen molar-refractivity contribution in [2.45, 2.75) is 13.0 Å². The van der Waals surface area contributed by atoms with Crippen molar-refractivity contribution in [1.29, 1.82) is 0 Å². The van der Waals surface area contributed by atoms with Gasteiger partial charge in [-0.1, -0.05) is 29.5 Å². The van der Waals surface area contributed by atoms with Crippen molar-refractivity contribution < 1.29 is 9.53 Å². The third-order valence-corrected chi connectivity index (χ3v) is 3.50. The minimum absolute atomic E-state index is 0.194. The lowest BCUT2D eigenvalue weighted by Crippen LogP contribution is -2.19. The quantitative estimate of drug-likeness (QED) is 0.555. The van der Waals surface area contributed by atoms with Crippen LogP contribution in [0.5, 0.6) is 5.75 Å². The van der Waals surface area contributed by atoms with Crippen LogP contribution >= 0.6 is 0 Å². The van der Waals surface area contributed by atoms with Gasteiger partial charge in [0, 0.05) is 12.0 Å². The molecule has 7 heteroatoms. The predicted molar refractivity (Wildman–Crippen MR) is 90.9 cm³/mol. The Morgan fingerprint density at radius 3 is 2.92 bits per heavy atom. The number of rotatable bonds is 6. The number of ether oxygens (including phenoxy) is 1. The Kier molecular flexibility index (Phi) is 4.81. The highest BCUT2D eigenvalue weighted by Gasteiger charge is 2.06. The smallest absolute Gasteiger partial charge is 0.241 e. The molecule has 0 bridgehead atoms. The predicted octanol–water partition coefficient (Wildman–Crippen LogP) is 1.98. The van der Waals surface area contributed by atoms with Gasteiger partial charge in [-0.25, -0.2) is 10.1 Å². The van der Waals surface area contributed by atoms with Gasteiger partial charge >= 0.3 is 0 Å². The molecule has 3 aromatic rings. The molecule has 0 spiro atoms. The van der Waals surface area contributed by atoms with Crippen molar-refractivity contribution in [3.05, 3.63) is 54.1 Å². The molecule has 0 fully saturated rings. The van der Waals surface area contributed by atoms with E-state index in [0.717, 1.165) is 16.6 Å². The first-order valence-electron chi connectivity index (χ1n) is 7.51. The Bertz CT molecular complexity index is 872. The van der Waals surface area contributed by atoms with Gasteiger partial charge in [-0.3, -0.25) is 4.79 Å². The lowest BCUT2D eigenvalue weighted by molar-refractivity contribution is -0.121. The van der Waals surface area contributed by atoms with Crippen LogP contribution in [0.25, 0.3) is 11.0 Å². The summed E-state index contributed by atoms with van der Waals surface area (Å²) < 4.78 is 6.92. The maximum absolute atomic E-state index is 11.9. The fourth-order valence-corrected chi connectivity index (χ4v) is 2.29. The van der Waals surface area contributed by atoms with Crippen LogP contribution in [0.15, 0.2) is 53.6 Å². The molecule has 0 aliphatic heterocycles. The molecule has 0 saturated heterocycles. The number of hydrogen-bond donors (Lipinski definition) is 1. The molecular formula is C17H17N5O2. The zero-order valence-electron chi connectivity index (χ0n) is 13.2. The Morgan fingerprint density at radius 1 is 1.25 bits per heavy atom. The molecule has 7 nitrogen and oxygen atoms in total. The first kappa shape index (κ1) is 15.7. The molecule has 24 heavy (non-hydrogen) atoms. The van der Waals surface area contributed by atoms with Gasteiger partial charge in [0.05, 0.1) is 25.4 Å². The summed E-state index contributed by atoms with van der Waals surface area (Å²) in [6, 6.07) is 15.1. The van der Waals surface area contributed by atoms with Gasteiger partial charge in [-0.15, -0.1) is 5.10 Å². The van der Waals surface area contributed by atoms with Crippen LogP contribution < -0.4 is 10.2 Å². The molecule has 3 rings (SSSR count). The average molecular weight is 323 g/mol. The summed E-state index contributed by atoms with van der Waals surface area (Å²) in [5.74, 6) is 0.505. The number of nitrogens with one attached hydrogen (secondary N) is 1. The monoisotopic (exact) mass is 323 g/mol. The molecule has 0 radical (unpaired) electrons. The van der Waals surface area contributed by atoms with E-state index in [-0.39, 0.29) is 12.3 Å². The normalized spacial score (nSPS) is 11.0. The summed E-state index contributed by atoms with van der Waals surface area (Å²) in [6.07, 6.45) is 1.82. The number of hydrogen-bond acceptors (Lipinski definition) is 5. The number of nitrogens with zero attached hydrogens (tertiary/aromatic N) is 4. The number of fused-ring (bicyclic) bond motifs is 1. The minimum Gasteiger partial charge on any atom is -0.496 e. The largest absolute Gasteiger partial charge is 0.496 e. The van der Waals surface area contributed by atoms with E-state index < -0.39 is 0 Å². The number of hydrazone groups is 1. The summed E-state index contributed by atoms with van der Waals surface area (Å²) >= 11 is 0. The van der Waals surface area contributed by atoms with Gasteiger partial charge in [0.25, 0.3) is 0 Å². The highest BCUT2D eigenvalue weighted by Crippen LogP contribution is 2.14. The highest BCUT2D eigenvalue weighted by atomic mass is 16.5. The summed E-state index contributed by atoms with van der Waals surface area (Å²) in [4.78, 5) is 11.9. The Hall–Kier alpha value is -3.22. The molecule has 122 valence electrons. The molecule has 0 unspecified atom stereocenters. The van der Waals surface area contributed by atoms with Crippen molar-refractivity contribution in [3.63, 3.8) is 0 Å². The van der Waals surface area contributed by atoms with E-state index in [0.29, 0.717) is 12.3 Å². The number of aromatic nitrogens is 3. The van der Waals surface area contributed by atoms with Gasteiger partial charge in [0.2, 0.25) is 5.91 Å². The van der Waals surface area contributed by atoms with E-state index in [1.54, 1.807) is 18.0 Å². The molecule has 0 aliphatic rings. The van der Waals surface area contributed by atoms with Crippen molar-refractivity contribution >= 4 is 23.2 Å². The average Bonchev–Trinajstić information content (AvgIpc) is 3.03. The fraction of sp³-hybridized carbons (Fsp3) is 0.176. The van der Waals surface area contributed by atoms with Crippen LogP contribution in [0, 0.1) is 0 Å². The minimum atomic E-state index is -0.194. The third kappa shape index (κ3) is 3.57. The number of carbonyl (C=O) groups excluding carboxylic acids is 1.